The molecule has 2 aromatic rings. The molecule has 0 radical (unpaired) electrons. The topological polar surface area (TPSA) is 71.1 Å². The van der Waals surface area contributed by atoms with E-state index in [2.05, 4.69) is 5.32 Å². The first-order valence-corrected chi connectivity index (χ1v) is 10.1. The molecule has 1 N–H and O–H groups in total. The summed E-state index contributed by atoms with van der Waals surface area (Å²) in [5.41, 5.74) is -0.727. The maximum Gasteiger partial charge on any atom is 0.417 e. The number of nitrogens with zero attached hydrogens (tertiary/aromatic N) is 2. The second kappa shape index (κ2) is 8.70. The molecular weight excluding hydrogens is 427 g/mol. The van der Waals surface area contributed by atoms with Gasteiger partial charge < -0.3 is 19.7 Å². The zero-order valence-corrected chi connectivity index (χ0v) is 17.3. The van der Waals surface area contributed by atoms with Gasteiger partial charge >= 0.3 is 6.18 Å². The molecule has 0 aromatic heterocycles. The van der Waals surface area contributed by atoms with E-state index in [1.54, 1.807) is 25.1 Å². The number of benzene rings is 2. The van der Waals surface area contributed by atoms with Gasteiger partial charge in [-0.15, -0.1) is 0 Å². The second-order valence-corrected chi connectivity index (χ2v) is 7.60. The minimum absolute atomic E-state index is 0.138. The zero-order chi connectivity index (χ0) is 22.9. The predicted octanol–water partition coefficient (Wildman–Crippen LogP) is 3.22. The van der Waals surface area contributed by atoms with Crippen molar-refractivity contribution in [2.45, 2.75) is 19.1 Å². The Hall–Kier alpha value is -3.27. The van der Waals surface area contributed by atoms with Crippen molar-refractivity contribution in [3.63, 3.8) is 0 Å². The fourth-order valence-electron chi connectivity index (χ4n) is 3.79. The maximum absolute atomic E-state index is 13.2. The smallest absolute Gasteiger partial charge is 0.417 e. The molecule has 170 valence electrons. The third-order valence-corrected chi connectivity index (χ3v) is 5.63. The highest BCUT2D eigenvalue weighted by atomic mass is 19.4. The Morgan fingerprint density at radius 2 is 1.69 bits per heavy atom. The summed E-state index contributed by atoms with van der Waals surface area (Å²) in [5, 5.41) is 2.83. The van der Waals surface area contributed by atoms with Crippen molar-refractivity contribution in [3.8, 4) is 11.5 Å². The third kappa shape index (κ3) is 4.50. The molecule has 32 heavy (non-hydrogen) atoms. The van der Waals surface area contributed by atoms with Crippen molar-refractivity contribution in [1.29, 1.82) is 0 Å². The molecule has 2 heterocycles. The van der Waals surface area contributed by atoms with Crippen molar-refractivity contribution in [1.82, 2.24) is 9.80 Å². The highest BCUT2D eigenvalue weighted by molar-refractivity contribution is 5.96. The molecule has 4 rings (SSSR count). The molecule has 1 fully saturated rings. The number of hydrogen-bond acceptors (Lipinski definition) is 5. The number of piperazine rings is 1. The number of carbonyl (C=O) groups excluding carboxylic acids is 2. The van der Waals surface area contributed by atoms with E-state index < -0.39 is 23.7 Å². The first-order chi connectivity index (χ1) is 15.2. The van der Waals surface area contributed by atoms with Crippen LogP contribution in [0.15, 0.2) is 42.5 Å². The number of amides is 2. The first kappa shape index (κ1) is 21.9. The number of hydrogen-bond donors (Lipinski definition) is 1. The van der Waals surface area contributed by atoms with E-state index in [0.717, 1.165) is 6.07 Å². The molecule has 0 spiro atoms. The Labute approximate surface area is 182 Å². The average Bonchev–Trinajstić information content (AvgIpc) is 3.25. The number of carbonyl (C=O) groups is 2. The van der Waals surface area contributed by atoms with Gasteiger partial charge in [0.1, 0.15) is 0 Å². The van der Waals surface area contributed by atoms with Gasteiger partial charge in [0.15, 0.2) is 11.5 Å². The lowest BCUT2D eigenvalue weighted by atomic mass is 10.1. The Morgan fingerprint density at radius 3 is 2.41 bits per heavy atom. The van der Waals surface area contributed by atoms with Crippen LogP contribution < -0.4 is 14.8 Å². The monoisotopic (exact) mass is 449 g/mol. The summed E-state index contributed by atoms with van der Waals surface area (Å²) in [6, 6.07) is 9.41. The van der Waals surface area contributed by atoms with Gasteiger partial charge in [-0.1, -0.05) is 12.1 Å². The Balaban J connectivity index is 1.35. The molecule has 0 aliphatic carbocycles. The molecule has 7 nitrogen and oxygen atoms in total. The molecule has 2 aliphatic heterocycles. The highest BCUT2D eigenvalue weighted by Crippen LogP contribution is 2.34. The van der Waals surface area contributed by atoms with E-state index >= 15 is 0 Å². The predicted molar refractivity (Wildman–Crippen MR) is 110 cm³/mol. The van der Waals surface area contributed by atoms with Gasteiger partial charge in [0.25, 0.3) is 5.91 Å². The number of fused-ring (bicyclic) bond motifs is 1. The zero-order valence-electron chi connectivity index (χ0n) is 17.3. The van der Waals surface area contributed by atoms with E-state index in [1.165, 1.54) is 23.1 Å². The van der Waals surface area contributed by atoms with Crippen LogP contribution in [0.4, 0.5) is 18.9 Å². The van der Waals surface area contributed by atoms with Crippen molar-refractivity contribution in [2.24, 2.45) is 0 Å². The summed E-state index contributed by atoms with van der Waals surface area (Å²) in [7, 11) is 0. The summed E-state index contributed by atoms with van der Waals surface area (Å²) >= 11 is 0. The highest BCUT2D eigenvalue weighted by Gasteiger charge is 2.37. The van der Waals surface area contributed by atoms with Gasteiger partial charge in [0.05, 0.1) is 17.2 Å². The van der Waals surface area contributed by atoms with Crippen LogP contribution in [0.1, 0.15) is 22.8 Å². The van der Waals surface area contributed by atoms with Crippen LogP contribution in [0, 0.1) is 0 Å². The van der Waals surface area contributed by atoms with Gasteiger partial charge in [-0.25, -0.2) is 0 Å². The standard InChI is InChI=1S/C22H22F3N3O4/c1-14(20(29)26-15-6-7-18-19(12-15)32-13-31-18)27-8-10-28(11-9-27)21(30)16-4-2-3-5-17(16)22(23,24)25/h2-7,12,14H,8-11,13H2,1H3,(H,26,29). The van der Waals surface area contributed by atoms with E-state index in [0.29, 0.717) is 30.3 Å². The molecule has 10 heteroatoms. The SMILES string of the molecule is CC(C(=O)Nc1ccc2c(c1)OCO2)N1CCN(C(=O)c2ccccc2C(F)(F)F)CC1. The van der Waals surface area contributed by atoms with Crippen LogP contribution in [-0.2, 0) is 11.0 Å². The minimum atomic E-state index is -4.60. The van der Waals surface area contributed by atoms with E-state index in [1.807, 2.05) is 4.90 Å². The molecule has 2 aliphatic rings. The molecule has 2 aromatic carbocycles. The van der Waals surface area contributed by atoms with Crippen LogP contribution >= 0.6 is 0 Å². The van der Waals surface area contributed by atoms with Crippen molar-refractivity contribution < 1.29 is 32.2 Å². The van der Waals surface area contributed by atoms with Crippen molar-refractivity contribution in [2.75, 3.05) is 38.3 Å². The fraction of sp³-hybridized carbons (Fsp3) is 0.364. The van der Waals surface area contributed by atoms with Crippen LogP contribution in [0.2, 0.25) is 0 Å². The second-order valence-electron chi connectivity index (χ2n) is 7.60. The molecular formula is C22H22F3N3O4. The molecule has 0 saturated carbocycles. The minimum Gasteiger partial charge on any atom is -0.454 e. The average molecular weight is 449 g/mol. The van der Waals surface area contributed by atoms with Gasteiger partial charge in [-0.3, -0.25) is 14.5 Å². The number of rotatable bonds is 4. The first-order valence-electron chi connectivity index (χ1n) is 10.1. The Bertz CT molecular complexity index is 1020. The van der Waals surface area contributed by atoms with E-state index in [-0.39, 0.29) is 31.4 Å². The van der Waals surface area contributed by atoms with Gasteiger partial charge in [-0.2, -0.15) is 13.2 Å². The largest absolute Gasteiger partial charge is 0.454 e. The lowest BCUT2D eigenvalue weighted by molar-refractivity contribution is -0.138. The van der Waals surface area contributed by atoms with Crippen molar-refractivity contribution >= 4 is 17.5 Å². The summed E-state index contributed by atoms with van der Waals surface area (Å²) in [5.74, 6) is 0.284. The van der Waals surface area contributed by atoms with Crippen LogP contribution in [0.3, 0.4) is 0 Å². The van der Waals surface area contributed by atoms with Gasteiger partial charge in [-0.05, 0) is 31.2 Å². The summed E-state index contributed by atoms with van der Waals surface area (Å²) in [4.78, 5) is 28.7. The quantitative estimate of drug-likeness (QED) is 0.776. The van der Waals surface area contributed by atoms with Crippen LogP contribution in [0.25, 0.3) is 0 Å². The Kier molecular flexibility index (Phi) is 5.96. The maximum atomic E-state index is 13.2. The molecule has 1 saturated heterocycles. The number of halogens is 3. The van der Waals surface area contributed by atoms with Gasteiger partial charge in [0, 0.05) is 37.9 Å². The van der Waals surface area contributed by atoms with Gasteiger partial charge in [0.2, 0.25) is 12.7 Å². The molecule has 1 unspecified atom stereocenters. The normalized spacial score (nSPS) is 17.2. The number of anilines is 1. The fourth-order valence-corrected chi connectivity index (χ4v) is 3.79. The molecule has 0 bridgehead atoms. The van der Waals surface area contributed by atoms with Crippen LogP contribution in [-0.4, -0.2) is 60.6 Å². The summed E-state index contributed by atoms with van der Waals surface area (Å²) < 4.78 is 50.3. The number of nitrogens with one attached hydrogen (secondary N) is 1. The third-order valence-electron chi connectivity index (χ3n) is 5.63. The lowest BCUT2D eigenvalue weighted by Gasteiger charge is -2.37. The van der Waals surface area contributed by atoms with Crippen LogP contribution in [0.5, 0.6) is 11.5 Å². The lowest BCUT2D eigenvalue weighted by Crippen LogP contribution is -2.54. The summed E-state index contributed by atoms with van der Waals surface area (Å²) in [6.45, 7) is 3.09. The Morgan fingerprint density at radius 1 is 1.00 bits per heavy atom. The van der Waals surface area contributed by atoms with E-state index in [4.69, 9.17) is 9.47 Å². The molecule has 2 amide bonds. The van der Waals surface area contributed by atoms with Crippen molar-refractivity contribution in [3.05, 3.63) is 53.6 Å². The van der Waals surface area contributed by atoms with E-state index in [9.17, 15) is 22.8 Å². The number of alkyl halides is 3. The summed E-state index contributed by atoms with van der Waals surface area (Å²) in [6.07, 6.45) is -4.60. The number of ether oxygens (including phenoxy) is 2. The molecule has 1 atom stereocenters.